The Balaban J connectivity index is 2.12. The van der Waals surface area contributed by atoms with E-state index in [1.807, 2.05) is 12.1 Å². The molecule has 0 aliphatic heterocycles. The first-order chi connectivity index (χ1) is 8.70. The minimum atomic E-state index is 0.561. The molecular formula is C13H10ClN3S. The van der Waals surface area contributed by atoms with Crippen LogP contribution in [0.3, 0.4) is 0 Å². The van der Waals surface area contributed by atoms with Gasteiger partial charge < -0.3 is 5.73 Å². The smallest absolute Gasteiger partial charge is 0.119 e. The third kappa shape index (κ3) is 2.95. The first-order valence-corrected chi connectivity index (χ1v) is 6.59. The lowest BCUT2D eigenvalue weighted by atomic mass is 10.2. The van der Waals surface area contributed by atoms with E-state index in [0.29, 0.717) is 22.0 Å². The number of hydrogen-bond donors (Lipinski definition) is 1. The maximum atomic E-state index is 8.76. The van der Waals surface area contributed by atoms with Crippen molar-refractivity contribution in [3.8, 4) is 6.07 Å². The molecule has 0 aliphatic rings. The monoisotopic (exact) mass is 275 g/mol. The SMILES string of the molecule is N#Cc1ccc(CSc2ncccc2N)c(Cl)c1. The van der Waals surface area contributed by atoms with Crippen LogP contribution in [-0.2, 0) is 5.75 Å². The van der Waals surface area contributed by atoms with Gasteiger partial charge in [-0.15, -0.1) is 0 Å². The third-order valence-corrected chi connectivity index (χ3v) is 3.77. The van der Waals surface area contributed by atoms with Gasteiger partial charge in [0.1, 0.15) is 5.03 Å². The molecule has 1 aromatic heterocycles. The van der Waals surface area contributed by atoms with Crippen molar-refractivity contribution in [3.05, 3.63) is 52.7 Å². The molecule has 0 atom stereocenters. The number of nitrogen functional groups attached to an aromatic ring is 1. The molecule has 0 bridgehead atoms. The number of benzene rings is 1. The summed E-state index contributed by atoms with van der Waals surface area (Å²) in [6.07, 6.45) is 1.71. The molecule has 2 N–H and O–H groups in total. The van der Waals surface area contributed by atoms with Crippen molar-refractivity contribution in [2.45, 2.75) is 10.8 Å². The molecule has 0 aliphatic carbocycles. The van der Waals surface area contributed by atoms with Crippen molar-refractivity contribution >= 4 is 29.1 Å². The van der Waals surface area contributed by atoms with Gasteiger partial charge in [0.25, 0.3) is 0 Å². The largest absolute Gasteiger partial charge is 0.397 e. The summed E-state index contributed by atoms with van der Waals surface area (Å²) in [6.45, 7) is 0. The van der Waals surface area contributed by atoms with Crippen molar-refractivity contribution in [1.82, 2.24) is 4.98 Å². The van der Waals surface area contributed by atoms with Crippen LogP contribution in [0.1, 0.15) is 11.1 Å². The van der Waals surface area contributed by atoms with Crippen molar-refractivity contribution < 1.29 is 0 Å². The summed E-state index contributed by atoms with van der Waals surface area (Å²) >= 11 is 7.62. The van der Waals surface area contributed by atoms with Gasteiger partial charge >= 0.3 is 0 Å². The zero-order valence-electron chi connectivity index (χ0n) is 9.43. The Morgan fingerprint density at radius 1 is 1.39 bits per heavy atom. The molecule has 18 heavy (non-hydrogen) atoms. The number of thioether (sulfide) groups is 1. The van der Waals surface area contributed by atoms with Gasteiger partial charge in [-0.2, -0.15) is 5.26 Å². The van der Waals surface area contributed by atoms with E-state index >= 15 is 0 Å². The summed E-state index contributed by atoms with van der Waals surface area (Å²) in [6, 6.07) is 10.9. The summed E-state index contributed by atoms with van der Waals surface area (Å²) in [4.78, 5) is 4.20. The van der Waals surface area contributed by atoms with Gasteiger partial charge in [-0.25, -0.2) is 4.98 Å². The summed E-state index contributed by atoms with van der Waals surface area (Å²) in [7, 11) is 0. The number of nitrogens with zero attached hydrogens (tertiary/aromatic N) is 2. The molecule has 0 saturated carbocycles. The van der Waals surface area contributed by atoms with E-state index < -0.39 is 0 Å². The highest BCUT2D eigenvalue weighted by atomic mass is 35.5. The number of aromatic nitrogens is 1. The van der Waals surface area contributed by atoms with E-state index in [9.17, 15) is 0 Å². The van der Waals surface area contributed by atoms with Gasteiger partial charge in [-0.1, -0.05) is 29.4 Å². The molecule has 1 heterocycles. The molecule has 3 nitrogen and oxygen atoms in total. The summed E-state index contributed by atoms with van der Waals surface area (Å²) in [5.74, 6) is 0.672. The molecule has 0 amide bonds. The number of halogens is 1. The summed E-state index contributed by atoms with van der Waals surface area (Å²) < 4.78 is 0. The van der Waals surface area contributed by atoms with Crippen LogP contribution in [0, 0.1) is 11.3 Å². The lowest BCUT2D eigenvalue weighted by molar-refractivity contribution is 1.14. The highest BCUT2D eigenvalue weighted by Crippen LogP contribution is 2.28. The van der Waals surface area contributed by atoms with Gasteiger partial charge in [0, 0.05) is 17.0 Å². The molecule has 0 radical (unpaired) electrons. The quantitative estimate of drug-likeness (QED) is 0.871. The number of rotatable bonds is 3. The van der Waals surface area contributed by atoms with Crippen LogP contribution in [0.2, 0.25) is 5.02 Å². The predicted molar refractivity (Wildman–Crippen MR) is 74.4 cm³/mol. The van der Waals surface area contributed by atoms with Crippen molar-refractivity contribution in [2.24, 2.45) is 0 Å². The Morgan fingerprint density at radius 3 is 2.89 bits per heavy atom. The number of pyridine rings is 1. The number of nitriles is 1. The second-order valence-corrected chi connectivity index (χ2v) is 4.98. The first-order valence-electron chi connectivity index (χ1n) is 5.22. The Labute approximate surface area is 115 Å². The van der Waals surface area contributed by atoms with E-state index in [2.05, 4.69) is 11.1 Å². The first kappa shape index (κ1) is 12.7. The molecule has 0 fully saturated rings. The van der Waals surface area contributed by atoms with Crippen LogP contribution in [-0.4, -0.2) is 4.98 Å². The van der Waals surface area contributed by atoms with Crippen molar-refractivity contribution in [2.75, 3.05) is 5.73 Å². The van der Waals surface area contributed by atoms with E-state index in [1.54, 1.807) is 24.4 Å². The third-order valence-electron chi connectivity index (χ3n) is 2.35. The zero-order chi connectivity index (χ0) is 13.0. The normalized spacial score (nSPS) is 10.0. The van der Waals surface area contributed by atoms with Gasteiger partial charge in [-0.3, -0.25) is 0 Å². The zero-order valence-corrected chi connectivity index (χ0v) is 11.0. The molecule has 0 saturated heterocycles. The van der Waals surface area contributed by atoms with Crippen LogP contribution in [0.4, 0.5) is 5.69 Å². The Morgan fingerprint density at radius 2 is 2.22 bits per heavy atom. The van der Waals surface area contributed by atoms with Gasteiger partial charge in [0.05, 0.1) is 17.3 Å². The average molecular weight is 276 g/mol. The number of nitrogens with two attached hydrogens (primary N) is 1. The van der Waals surface area contributed by atoms with Crippen LogP contribution >= 0.6 is 23.4 Å². The van der Waals surface area contributed by atoms with Gasteiger partial charge in [0.15, 0.2) is 0 Å². The second-order valence-electron chi connectivity index (χ2n) is 3.60. The van der Waals surface area contributed by atoms with E-state index in [-0.39, 0.29) is 0 Å². The van der Waals surface area contributed by atoms with Crippen LogP contribution in [0.5, 0.6) is 0 Å². The Bertz CT molecular complexity index is 607. The standard InChI is InChI=1S/C13H10ClN3S/c14-11-6-9(7-15)3-4-10(11)8-18-13-12(16)2-1-5-17-13/h1-6H,8,16H2. The maximum Gasteiger partial charge on any atom is 0.119 e. The topological polar surface area (TPSA) is 62.7 Å². The lowest BCUT2D eigenvalue weighted by Crippen LogP contribution is -1.92. The molecule has 90 valence electrons. The fraction of sp³-hybridized carbons (Fsp3) is 0.0769. The maximum absolute atomic E-state index is 8.76. The molecule has 2 rings (SSSR count). The van der Waals surface area contributed by atoms with E-state index in [0.717, 1.165) is 10.6 Å². The van der Waals surface area contributed by atoms with Crippen molar-refractivity contribution in [3.63, 3.8) is 0 Å². The molecule has 5 heteroatoms. The summed E-state index contributed by atoms with van der Waals surface area (Å²) in [5.41, 5.74) is 7.99. The molecular weight excluding hydrogens is 266 g/mol. The molecule has 0 unspecified atom stereocenters. The van der Waals surface area contributed by atoms with Crippen LogP contribution in [0.25, 0.3) is 0 Å². The highest BCUT2D eigenvalue weighted by molar-refractivity contribution is 7.98. The summed E-state index contributed by atoms with van der Waals surface area (Å²) in [5, 5.41) is 10.1. The van der Waals surface area contributed by atoms with Gasteiger partial charge in [-0.05, 0) is 29.8 Å². The van der Waals surface area contributed by atoms with E-state index in [4.69, 9.17) is 22.6 Å². The highest BCUT2D eigenvalue weighted by Gasteiger charge is 2.05. The fourth-order valence-corrected chi connectivity index (χ4v) is 2.64. The predicted octanol–water partition coefficient (Wildman–Crippen LogP) is 3.48. The Hall–Kier alpha value is -1.70. The minimum Gasteiger partial charge on any atom is -0.397 e. The minimum absolute atomic E-state index is 0.561. The average Bonchev–Trinajstić information content (AvgIpc) is 2.39. The number of hydrogen-bond acceptors (Lipinski definition) is 4. The van der Waals surface area contributed by atoms with Crippen molar-refractivity contribution in [1.29, 1.82) is 5.26 Å². The van der Waals surface area contributed by atoms with Crippen LogP contribution in [0.15, 0.2) is 41.6 Å². The molecule has 2 aromatic rings. The fourth-order valence-electron chi connectivity index (χ4n) is 1.40. The van der Waals surface area contributed by atoms with Gasteiger partial charge in [0.2, 0.25) is 0 Å². The van der Waals surface area contributed by atoms with Crippen LogP contribution < -0.4 is 5.73 Å². The second kappa shape index (κ2) is 5.76. The number of anilines is 1. The Kier molecular flexibility index (Phi) is 4.08. The lowest BCUT2D eigenvalue weighted by Gasteiger charge is -2.05. The molecule has 0 spiro atoms. The van der Waals surface area contributed by atoms with E-state index in [1.165, 1.54) is 11.8 Å². The molecule has 1 aromatic carbocycles.